The molecule has 1 fully saturated rings. The Morgan fingerprint density at radius 1 is 1.07 bits per heavy atom. The minimum Gasteiger partial charge on any atom is -0.404 e. The van der Waals surface area contributed by atoms with Gasteiger partial charge in [-0.1, -0.05) is 36.4 Å². The largest absolute Gasteiger partial charge is 0.573 e. The summed E-state index contributed by atoms with van der Waals surface area (Å²) in [6.45, 7) is 4.27. The maximum Gasteiger partial charge on any atom is 0.573 e. The standard InChI is InChI=1S/C20H23F3N4O2/c21-20(22,23)29-18-8-4-3-7-17(18)26-19(24)25-13-15-5-1-2-6-16(15)14-27-9-11-28-12-10-27/h1-8H,9-14H2,(H3,24,25,26). The highest BCUT2D eigenvalue weighted by Gasteiger charge is 2.32. The van der Waals surface area contributed by atoms with Crippen molar-refractivity contribution in [3.05, 3.63) is 59.7 Å². The fourth-order valence-electron chi connectivity index (χ4n) is 3.00. The topological polar surface area (TPSA) is 72.1 Å². The summed E-state index contributed by atoms with van der Waals surface area (Å²) in [6.07, 6.45) is -4.79. The molecule has 1 heterocycles. The maximum atomic E-state index is 12.5. The molecule has 0 aliphatic carbocycles. The van der Waals surface area contributed by atoms with Crippen LogP contribution in [0.3, 0.4) is 0 Å². The van der Waals surface area contributed by atoms with E-state index in [9.17, 15) is 13.2 Å². The van der Waals surface area contributed by atoms with Crippen LogP contribution in [0.4, 0.5) is 18.9 Å². The molecule has 0 radical (unpaired) electrons. The van der Waals surface area contributed by atoms with Crippen molar-refractivity contribution in [3.8, 4) is 5.75 Å². The van der Waals surface area contributed by atoms with Crippen LogP contribution in [-0.4, -0.2) is 43.5 Å². The molecular formula is C20H23F3N4O2. The molecular weight excluding hydrogens is 385 g/mol. The normalized spacial score (nSPS) is 15.9. The van der Waals surface area contributed by atoms with Gasteiger partial charge in [0.15, 0.2) is 11.7 Å². The van der Waals surface area contributed by atoms with Gasteiger partial charge in [-0.25, -0.2) is 4.99 Å². The Morgan fingerprint density at radius 2 is 1.72 bits per heavy atom. The van der Waals surface area contributed by atoms with Crippen LogP contribution >= 0.6 is 0 Å². The summed E-state index contributed by atoms with van der Waals surface area (Å²) in [4.78, 5) is 6.59. The van der Waals surface area contributed by atoms with Crippen LogP contribution in [0.25, 0.3) is 0 Å². The zero-order chi connectivity index (χ0) is 20.7. The average molecular weight is 408 g/mol. The molecule has 2 aromatic rings. The van der Waals surface area contributed by atoms with Crippen molar-refractivity contribution in [1.29, 1.82) is 0 Å². The first kappa shape index (κ1) is 20.9. The van der Waals surface area contributed by atoms with Crippen LogP contribution in [-0.2, 0) is 17.8 Å². The number of benzene rings is 2. The van der Waals surface area contributed by atoms with Gasteiger partial charge in [0.1, 0.15) is 0 Å². The Kier molecular flexibility index (Phi) is 6.95. The zero-order valence-electron chi connectivity index (χ0n) is 15.8. The van der Waals surface area contributed by atoms with Crippen LogP contribution in [0.2, 0.25) is 0 Å². The minimum atomic E-state index is -4.79. The number of nitrogens with one attached hydrogen (secondary N) is 1. The third-order valence-electron chi connectivity index (χ3n) is 4.41. The summed E-state index contributed by atoms with van der Waals surface area (Å²) in [5, 5.41) is 2.68. The first-order valence-electron chi connectivity index (χ1n) is 9.19. The lowest BCUT2D eigenvalue weighted by atomic mass is 10.1. The van der Waals surface area contributed by atoms with E-state index in [1.807, 2.05) is 24.3 Å². The van der Waals surface area contributed by atoms with Crippen molar-refractivity contribution in [2.24, 2.45) is 10.7 Å². The predicted molar refractivity (Wildman–Crippen MR) is 105 cm³/mol. The Labute approximate surface area is 167 Å². The van der Waals surface area contributed by atoms with E-state index in [1.165, 1.54) is 18.2 Å². The molecule has 0 saturated carbocycles. The van der Waals surface area contributed by atoms with Crippen molar-refractivity contribution in [1.82, 2.24) is 4.90 Å². The molecule has 0 amide bonds. The molecule has 9 heteroatoms. The molecule has 3 N–H and O–H groups in total. The van der Waals surface area contributed by atoms with E-state index < -0.39 is 6.36 Å². The first-order chi connectivity index (χ1) is 13.9. The minimum absolute atomic E-state index is 0.00407. The summed E-state index contributed by atoms with van der Waals surface area (Å²) in [7, 11) is 0. The summed E-state index contributed by atoms with van der Waals surface area (Å²) in [5.74, 6) is -0.365. The van der Waals surface area contributed by atoms with Crippen LogP contribution < -0.4 is 15.8 Å². The van der Waals surface area contributed by atoms with E-state index in [0.717, 1.165) is 44.0 Å². The highest BCUT2D eigenvalue weighted by atomic mass is 19.4. The number of nitrogens with two attached hydrogens (primary N) is 1. The molecule has 1 aliphatic rings. The Morgan fingerprint density at radius 3 is 2.45 bits per heavy atom. The number of halogens is 3. The number of aliphatic imine (C=N–C) groups is 1. The highest BCUT2D eigenvalue weighted by Crippen LogP contribution is 2.29. The summed E-state index contributed by atoms with van der Waals surface area (Å²) >= 11 is 0. The summed E-state index contributed by atoms with van der Waals surface area (Å²) in [6, 6.07) is 13.6. The van der Waals surface area contributed by atoms with Crippen LogP contribution in [0.15, 0.2) is 53.5 Å². The van der Waals surface area contributed by atoms with E-state index in [1.54, 1.807) is 6.07 Å². The van der Waals surface area contributed by atoms with Gasteiger partial charge >= 0.3 is 6.36 Å². The van der Waals surface area contributed by atoms with Gasteiger partial charge in [-0.05, 0) is 23.3 Å². The van der Waals surface area contributed by atoms with Gasteiger partial charge in [0.2, 0.25) is 0 Å². The molecule has 29 heavy (non-hydrogen) atoms. The van der Waals surface area contributed by atoms with Crippen molar-refractivity contribution in [2.75, 3.05) is 31.6 Å². The number of hydrogen-bond donors (Lipinski definition) is 2. The SMILES string of the molecule is NC(=NCc1ccccc1CN1CCOCC1)Nc1ccccc1OC(F)(F)F. The molecule has 2 aromatic carbocycles. The van der Waals surface area contributed by atoms with E-state index in [2.05, 4.69) is 19.9 Å². The van der Waals surface area contributed by atoms with Crippen molar-refractivity contribution in [3.63, 3.8) is 0 Å². The second-order valence-electron chi connectivity index (χ2n) is 6.53. The lowest BCUT2D eigenvalue weighted by Gasteiger charge is -2.27. The number of ether oxygens (including phenoxy) is 2. The lowest BCUT2D eigenvalue weighted by Crippen LogP contribution is -2.35. The van der Waals surface area contributed by atoms with Crippen molar-refractivity contribution >= 4 is 11.6 Å². The number of anilines is 1. The fraction of sp³-hybridized carbons (Fsp3) is 0.350. The summed E-state index contributed by atoms with van der Waals surface area (Å²) < 4.78 is 47.0. The van der Waals surface area contributed by atoms with Gasteiger partial charge in [-0.3, -0.25) is 4.90 Å². The molecule has 0 bridgehead atoms. The summed E-state index contributed by atoms with van der Waals surface area (Å²) in [5.41, 5.74) is 8.12. The lowest BCUT2D eigenvalue weighted by molar-refractivity contribution is -0.274. The smallest absolute Gasteiger partial charge is 0.404 e. The molecule has 0 unspecified atom stereocenters. The van der Waals surface area contributed by atoms with Gasteiger partial charge in [0, 0.05) is 19.6 Å². The van der Waals surface area contributed by atoms with Gasteiger partial charge in [-0.2, -0.15) is 0 Å². The third-order valence-corrected chi connectivity index (χ3v) is 4.41. The first-order valence-corrected chi connectivity index (χ1v) is 9.19. The van der Waals surface area contributed by atoms with E-state index in [-0.39, 0.29) is 17.4 Å². The molecule has 1 saturated heterocycles. The Balaban J connectivity index is 1.66. The van der Waals surface area contributed by atoms with Gasteiger partial charge in [-0.15, -0.1) is 13.2 Å². The predicted octanol–water partition coefficient (Wildman–Crippen LogP) is 3.34. The van der Waals surface area contributed by atoms with Crippen molar-refractivity contribution < 1.29 is 22.6 Å². The number of guanidine groups is 1. The number of hydrogen-bond acceptors (Lipinski definition) is 4. The quantitative estimate of drug-likeness (QED) is 0.567. The number of alkyl halides is 3. The molecule has 0 atom stereocenters. The second-order valence-corrected chi connectivity index (χ2v) is 6.53. The van der Waals surface area contributed by atoms with Crippen LogP contribution in [0.5, 0.6) is 5.75 Å². The fourth-order valence-corrected chi connectivity index (χ4v) is 3.00. The van der Waals surface area contributed by atoms with Crippen molar-refractivity contribution in [2.45, 2.75) is 19.5 Å². The zero-order valence-corrected chi connectivity index (χ0v) is 15.8. The number of morpholine rings is 1. The molecule has 156 valence electrons. The molecule has 3 rings (SSSR count). The molecule has 1 aliphatic heterocycles. The van der Waals surface area contributed by atoms with E-state index in [0.29, 0.717) is 6.54 Å². The van der Waals surface area contributed by atoms with E-state index >= 15 is 0 Å². The monoisotopic (exact) mass is 408 g/mol. The second kappa shape index (κ2) is 9.62. The van der Waals surface area contributed by atoms with Crippen LogP contribution in [0.1, 0.15) is 11.1 Å². The van der Waals surface area contributed by atoms with Gasteiger partial charge in [0.25, 0.3) is 0 Å². The van der Waals surface area contributed by atoms with E-state index in [4.69, 9.17) is 10.5 Å². The number of rotatable bonds is 6. The highest BCUT2D eigenvalue weighted by molar-refractivity contribution is 5.93. The number of para-hydroxylation sites is 2. The maximum absolute atomic E-state index is 12.5. The molecule has 6 nitrogen and oxygen atoms in total. The Hall–Kier alpha value is -2.78. The van der Waals surface area contributed by atoms with Gasteiger partial charge < -0.3 is 20.5 Å². The van der Waals surface area contributed by atoms with Gasteiger partial charge in [0.05, 0.1) is 25.4 Å². The number of nitrogens with zero attached hydrogens (tertiary/aromatic N) is 2. The average Bonchev–Trinajstić information content (AvgIpc) is 2.68. The molecule has 0 aromatic heterocycles. The molecule has 0 spiro atoms. The Bertz CT molecular complexity index is 836. The van der Waals surface area contributed by atoms with Crippen LogP contribution in [0, 0.1) is 0 Å². The third kappa shape index (κ3) is 6.65.